The first-order chi connectivity index (χ1) is 8.47. The minimum Gasteiger partial charge on any atom is -0.320 e. The maximum Gasteiger partial charge on any atom is 0.255 e. The second-order valence-electron chi connectivity index (χ2n) is 4.45. The van der Waals surface area contributed by atoms with Crippen LogP contribution in [0.25, 0.3) is 0 Å². The Morgan fingerprint density at radius 3 is 2.39 bits per heavy atom. The van der Waals surface area contributed by atoms with Crippen molar-refractivity contribution in [3.63, 3.8) is 0 Å². The highest BCUT2D eigenvalue weighted by molar-refractivity contribution is 6.06. The van der Waals surface area contributed by atoms with Crippen molar-refractivity contribution in [2.45, 2.75) is 13.8 Å². The molecular weight excluding hydrogens is 232 g/mol. The fourth-order valence-electron chi connectivity index (χ4n) is 1.92. The van der Waals surface area contributed by atoms with Crippen LogP contribution in [0.3, 0.4) is 0 Å². The SMILES string of the molecule is Cc1ccc(C)c(C(=O)N2CC(=O)NC(=O)C2)c1. The molecule has 94 valence electrons. The second kappa shape index (κ2) is 4.60. The number of rotatable bonds is 1. The number of imide groups is 1. The van der Waals surface area contributed by atoms with Crippen LogP contribution in [-0.2, 0) is 9.59 Å². The summed E-state index contributed by atoms with van der Waals surface area (Å²) in [6.07, 6.45) is 0. The predicted octanol–water partition coefficient (Wildman–Crippen LogP) is 0.402. The zero-order chi connectivity index (χ0) is 13.3. The molecule has 1 aliphatic heterocycles. The molecule has 0 radical (unpaired) electrons. The van der Waals surface area contributed by atoms with E-state index in [1.54, 1.807) is 6.07 Å². The fourth-order valence-corrected chi connectivity index (χ4v) is 1.92. The van der Waals surface area contributed by atoms with Crippen LogP contribution in [0, 0.1) is 13.8 Å². The Hall–Kier alpha value is -2.17. The highest BCUT2D eigenvalue weighted by Gasteiger charge is 2.27. The average Bonchev–Trinajstić information content (AvgIpc) is 2.30. The topological polar surface area (TPSA) is 66.5 Å². The number of piperazine rings is 1. The van der Waals surface area contributed by atoms with Gasteiger partial charge in [-0.2, -0.15) is 0 Å². The van der Waals surface area contributed by atoms with Gasteiger partial charge in [-0.25, -0.2) is 0 Å². The zero-order valence-corrected chi connectivity index (χ0v) is 10.3. The monoisotopic (exact) mass is 246 g/mol. The zero-order valence-electron chi connectivity index (χ0n) is 10.3. The first-order valence-electron chi connectivity index (χ1n) is 5.66. The summed E-state index contributed by atoms with van der Waals surface area (Å²) in [5, 5.41) is 2.17. The third kappa shape index (κ3) is 2.40. The van der Waals surface area contributed by atoms with E-state index < -0.39 is 11.8 Å². The Labute approximate surface area is 105 Å². The van der Waals surface area contributed by atoms with Gasteiger partial charge in [0, 0.05) is 5.56 Å². The molecule has 0 bridgehead atoms. The van der Waals surface area contributed by atoms with E-state index in [4.69, 9.17) is 0 Å². The number of carbonyl (C=O) groups excluding carboxylic acids is 3. The minimum atomic E-state index is -0.440. The quantitative estimate of drug-likeness (QED) is 0.729. The summed E-state index contributed by atoms with van der Waals surface area (Å²) >= 11 is 0. The molecule has 0 unspecified atom stereocenters. The Balaban J connectivity index is 2.28. The molecule has 5 heteroatoms. The first-order valence-corrected chi connectivity index (χ1v) is 5.66. The standard InChI is InChI=1S/C13H14N2O3/c1-8-3-4-9(2)10(5-8)13(18)15-6-11(16)14-12(17)7-15/h3-5H,6-7H2,1-2H3,(H,14,16,17). The van der Waals surface area contributed by atoms with Crippen molar-refractivity contribution in [3.05, 3.63) is 34.9 Å². The Morgan fingerprint density at radius 2 is 1.78 bits per heavy atom. The van der Waals surface area contributed by atoms with Crippen LogP contribution >= 0.6 is 0 Å². The summed E-state index contributed by atoms with van der Waals surface area (Å²) in [6.45, 7) is 3.58. The number of nitrogens with one attached hydrogen (secondary N) is 1. The van der Waals surface area contributed by atoms with E-state index in [1.165, 1.54) is 4.90 Å². The van der Waals surface area contributed by atoms with Crippen LogP contribution in [-0.4, -0.2) is 35.7 Å². The predicted molar refractivity (Wildman–Crippen MR) is 65.0 cm³/mol. The Kier molecular flexibility index (Phi) is 3.14. The number of aryl methyl sites for hydroxylation is 2. The first kappa shape index (κ1) is 12.3. The molecule has 1 N–H and O–H groups in total. The van der Waals surface area contributed by atoms with E-state index in [2.05, 4.69) is 5.32 Å². The molecular formula is C13H14N2O3. The van der Waals surface area contributed by atoms with Gasteiger partial charge in [0.1, 0.15) is 13.1 Å². The van der Waals surface area contributed by atoms with E-state index in [0.717, 1.165) is 11.1 Å². The van der Waals surface area contributed by atoms with Crippen molar-refractivity contribution in [2.75, 3.05) is 13.1 Å². The number of amides is 3. The molecule has 18 heavy (non-hydrogen) atoms. The molecule has 0 saturated carbocycles. The highest BCUT2D eigenvalue weighted by atomic mass is 16.2. The maximum absolute atomic E-state index is 12.3. The number of hydrogen-bond donors (Lipinski definition) is 1. The molecule has 0 atom stereocenters. The molecule has 0 aromatic heterocycles. The van der Waals surface area contributed by atoms with Crippen LogP contribution in [0.4, 0.5) is 0 Å². The van der Waals surface area contributed by atoms with E-state index >= 15 is 0 Å². The molecule has 0 spiro atoms. The van der Waals surface area contributed by atoms with Gasteiger partial charge in [0.2, 0.25) is 11.8 Å². The summed E-state index contributed by atoms with van der Waals surface area (Å²) in [5.41, 5.74) is 2.35. The van der Waals surface area contributed by atoms with Gasteiger partial charge in [-0.15, -0.1) is 0 Å². The third-order valence-electron chi connectivity index (χ3n) is 2.86. The van der Waals surface area contributed by atoms with E-state index in [1.807, 2.05) is 26.0 Å². The highest BCUT2D eigenvalue weighted by Crippen LogP contribution is 2.14. The van der Waals surface area contributed by atoms with Crippen LogP contribution < -0.4 is 5.32 Å². The van der Waals surface area contributed by atoms with Crippen molar-refractivity contribution in [3.8, 4) is 0 Å². The van der Waals surface area contributed by atoms with Crippen LogP contribution in [0.15, 0.2) is 18.2 Å². The second-order valence-corrected chi connectivity index (χ2v) is 4.45. The Morgan fingerprint density at radius 1 is 1.17 bits per heavy atom. The van der Waals surface area contributed by atoms with E-state index in [9.17, 15) is 14.4 Å². The smallest absolute Gasteiger partial charge is 0.255 e. The number of benzene rings is 1. The van der Waals surface area contributed by atoms with Crippen molar-refractivity contribution >= 4 is 17.7 Å². The summed E-state index contributed by atoms with van der Waals surface area (Å²) < 4.78 is 0. The molecule has 2 rings (SSSR count). The van der Waals surface area contributed by atoms with Gasteiger partial charge in [-0.05, 0) is 25.5 Å². The van der Waals surface area contributed by atoms with Crippen molar-refractivity contribution < 1.29 is 14.4 Å². The van der Waals surface area contributed by atoms with Gasteiger partial charge in [-0.3, -0.25) is 19.7 Å². The maximum atomic E-state index is 12.3. The van der Waals surface area contributed by atoms with Crippen LogP contribution in [0.5, 0.6) is 0 Å². The normalized spacial score (nSPS) is 15.6. The lowest BCUT2D eigenvalue weighted by Crippen LogP contribution is -2.53. The van der Waals surface area contributed by atoms with Crippen molar-refractivity contribution in [1.29, 1.82) is 0 Å². The van der Waals surface area contributed by atoms with Gasteiger partial charge < -0.3 is 4.90 Å². The minimum absolute atomic E-state index is 0.0715. The van der Waals surface area contributed by atoms with Crippen molar-refractivity contribution in [1.82, 2.24) is 10.2 Å². The molecule has 3 amide bonds. The number of hydrogen-bond acceptors (Lipinski definition) is 3. The fraction of sp³-hybridized carbons (Fsp3) is 0.308. The summed E-state index contributed by atoms with van der Waals surface area (Å²) in [5.74, 6) is -1.16. The summed E-state index contributed by atoms with van der Waals surface area (Å²) in [7, 11) is 0. The summed E-state index contributed by atoms with van der Waals surface area (Å²) in [6, 6.07) is 5.54. The average molecular weight is 246 g/mol. The molecule has 0 aliphatic carbocycles. The molecule has 1 aliphatic rings. The van der Waals surface area contributed by atoms with Gasteiger partial charge in [0.15, 0.2) is 0 Å². The van der Waals surface area contributed by atoms with Crippen LogP contribution in [0.2, 0.25) is 0 Å². The number of carbonyl (C=O) groups is 3. The molecule has 1 fully saturated rings. The van der Waals surface area contributed by atoms with E-state index in [-0.39, 0.29) is 19.0 Å². The lowest BCUT2D eigenvalue weighted by Gasteiger charge is -2.26. The summed E-state index contributed by atoms with van der Waals surface area (Å²) in [4.78, 5) is 36.0. The largest absolute Gasteiger partial charge is 0.320 e. The molecule has 1 aromatic rings. The van der Waals surface area contributed by atoms with Gasteiger partial charge in [0.05, 0.1) is 0 Å². The number of nitrogens with zero attached hydrogens (tertiary/aromatic N) is 1. The van der Waals surface area contributed by atoms with Gasteiger partial charge in [-0.1, -0.05) is 17.7 Å². The molecule has 1 saturated heterocycles. The lowest BCUT2D eigenvalue weighted by molar-refractivity contribution is -0.135. The van der Waals surface area contributed by atoms with Crippen molar-refractivity contribution in [2.24, 2.45) is 0 Å². The molecule has 5 nitrogen and oxygen atoms in total. The molecule has 1 heterocycles. The van der Waals surface area contributed by atoms with Crippen LogP contribution in [0.1, 0.15) is 21.5 Å². The van der Waals surface area contributed by atoms with Gasteiger partial charge >= 0.3 is 0 Å². The van der Waals surface area contributed by atoms with Gasteiger partial charge in [0.25, 0.3) is 5.91 Å². The molecule has 1 aromatic carbocycles. The van der Waals surface area contributed by atoms with E-state index in [0.29, 0.717) is 5.56 Å². The lowest BCUT2D eigenvalue weighted by atomic mass is 10.0. The Bertz CT molecular complexity index is 521. The third-order valence-corrected chi connectivity index (χ3v) is 2.86.